The molecule has 1 rings (SSSR count). The van der Waals surface area contributed by atoms with Crippen molar-refractivity contribution in [2.75, 3.05) is 7.11 Å². The number of halogens is 1. The van der Waals surface area contributed by atoms with Gasteiger partial charge in [-0.3, -0.25) is 4.98 Å². The maximum absolute atomic E-state index is 10.9. The van der Waals surface area contributed by atoms with E-state index in [1.807, 2.05) is 0 Å². The molecule has 4 nitrogen and oxygen atoms in total. The molecule has 0 fully saturated rings. The van der Waals surface area contributed by atoms with Crippen LogP contribution in [-0.4, -0.2) is 18.1 Å². The predicted octanol–water partition coefficient (Wildman–Crippen LogP) is 1.40. The number of hydrogen-bond donors (Lipinski definition) is 0. The van der Waals surface area contributed by atoms with Crippen LogP contribution in [0, 0.1) is 0 Å². The van der Waals surface area contributed by atoms with Crippen LogP contribution in [0.15, 0.2) is 18.5 Å². The van der Waals surface area contributed by atoms with E-state index in [1.54, 1.807) is 6.07 Å². The van der Waals surface area contributed by atoms with Crippen LogP contribution in [0.1, 0.15) is 10.4 Å². The summed E-state index contributed by atoms with van der Waals surface area (Å²) >= 11 is 4.88. The first-order valence-corrected chi connectivity index (χ1v) is 3.41. The van der Waals surface area contributed by atoms with Gasteiger partial charge >= 0.3 is 5.97 Å². The smallest absolute Gasteiger partial charge is 0.361 e. The molecule has 0 unspecified atom stereocenters. The van der Waals surface area contributed by atoms with E-state index in [-0.39, 0.29) is 5.56 Å². The average Bonchev–Trinajstić information content (AvgIpc) is 2.16. The average molecular weight is 188 g/mol. The first kappa shape index (κ1) is 8.80. The molecule has 0 amide bonds. The summed E-state index contributed by atoms with van der Waals surface area (Å²) < 4.78 is 8.86. The topological polar surface area (TPSA) is 48.4 Å². The zero-order valence-electron chi connectivity index (χ0n) is 6.28. The maximum atomic E-state index is 10.9. The van der Waals surface area contributed by atoms with Gasteiger partial charge in [0.25, 0.3) is 0 Å². The Labute approximate surface area is 74.2 Å². The Kier molecular flexibility index (Phi) is 2.88. The quantitative estimate of drug-likeness (QED) is 0.702. The summed E-state index contributed by atoms with van der Waals surface area (Å²) in [4.78, 5) is 14.6. The summed E-state index contributed by atoms with van der Waals surface area (Å²) in [6.45, 7) is 0. The van der Waals surface area contributed by atoms with E-state index in [0.717, 1.165) is 0 Å². The Bertz CT molecular complexity index is 290. The highest BCUT2D eigenvalue weighted by Gasteiger charge is 2.12. The second kappa shape index (κ2) is 3.92. The highest BCUT2D eigenvalue weighted by molar-refractivity contribution is 6.16. The molecule has 0 bridgehead atoms. The highest BCUT2D eigenvalue weighted by atomic mass is 35.5. The lowest BCUT2D eigenvalue weighted by Crippen LogP contribution is -2.01. The molecule has 1 aromatic rings. The lowest BCUT2D eigenvalue weighted by Gasteiger charge is -2.02. The van der Waals surface area contributed by atoms with Crippen LogP contribution in [0.4, 0.5) is 0 Å². The molecule has 0 atom stereocenters. The lowest BCUT2D eigenvalue weighted by molar-refractivity contribution is 0.0747. The number of pyridine rings is 1. The van der Waals surface area contributed by atoms with Crippen molar-refractivity contribution in [3.63, 3.8) is 0 Å². The number of ether oxygens (including phenoxy) is 1. The van der Waals surface area contributed by atoms with Gasteiger partial charge in [-0.05, 0) is 6.07 Å². The van der Waals surface area contributed by atoms with Crippen molar-refractivity contribution >= 4 is 17.8 Å². The number of methoxy groups -OCH3 is 1. The van der Waals surface area contributed by atoms with Crippen LogP contribution in [-0.2, 0) is 4.29 Å². The summed E-state index contributed by atoms with van der Waals surface area (Å²) in [5.41, 5.74) is 0.204. The molecule has 0 spiro atoms. The van der Waals surface area contributed by atoms with Gasteiger partial charge in [-0.2, -0.15) is 0 Å². The van der Waals surface area contributed by atoms with Gasteiger partial charge in [-0.25, -0.2) is 4.79 Å². The zero-order chi connectivity index (χ0) is 8.97. The van der Waals surface area contributed by atoms with Gasteiger partial charge in [-0.1, -0.05) is 0 Å². The Balaban J connectivity index is 3.04. The van der Waals surface area contributed by atoms with Gasteiger partial charge in [0.1, 0.15) is 23.2 Å². The minimum atomic E-state index is -0.679. The molecule has 0 aliphatic heterocycles. The molecule has 0 aliphatic rings. The second-order valence-electron chi connectivity index (χ2n) is 1.94. The molecule has 5 heteroatoms. The fourth-order valence-electron chi connectivity index (χ4n) is 0.755. The molecular weight excluding hydrogens is 182 g/mol. The van der Waals surface area contributed by atoms with E-state index in [1.165, 1.54) is 19.5 Å². The maximum Gasteiger partial charge on any atom is 0.361 e. The molecule has 0 saturated heterocycles. The summed E-state index contributed by atoms with van der Waals surface area (Å²) in [5.74, 6) is -0.294. The molecule has 1 aromatic heterocycles. The van der Waals surface area contributed by atoms with E-state index in [2.05, 4.69) is 9.27 Å². The van der Waals surface area contributed by atoms with Gasteiger partial charge in [0.15, 0.2) is 0 Å². The molecule has 12 heavy (non-hydrogen) atoms. The lowest BCUT2D eigenvalue weighted by atomic mass is 10.2. The third kappa shape index (κ3) is 1.65. The largest absolute Gasteiger partial charge is 0.496 e. The normalized spacial score (nSPS) is 9.17. The van der Waals surface area contributed by atoms with Crippen LogP contribution < -0.4 is 4.74 Å². The first-order valence-electron chi connectivity index (χ1n) is 3.10. The van der Waals surface area contributed by atoms with Gasteiger partial charge in [0.05, 0.1) is 7.11 Å². The number of nitrogens with zero attached hydrogens (tertiary/aromatic N) is 1. The van der Waals surface area contributed by atoms with E-state index >= 15 is 0 Å². The van der Waals surface area contributed by atoms with Crippen molar-refractivity contribution in [2.45, 2.75) is 0 Å². The van der Waals surface area contributed by atoms with Crippen molar-refractivity contribution in [2.24, 2.45) is 0 Å². The van der Waals surface area contributed by atoms with E-state index in [4.69, 9.17) is 16.6 Å². The molecule has 1 heterocycles. The Morgan fingerprint density at radius 1 is 1.67 bits per heavy atom. The van der Waals surface area contributed by atoms with Gasteiger partial charge in [0, 0.05) is 12.4 Å². The highest BCUT2D eigenvalue weighted by Crippen LogP contribution is 2.16. The molecule has 64 valence electrons. The third-order valence-electron chi connectivity index (χ3n) is 1.29. The van der Waals surface area contributed by atoms with E-state index in [9.17, 15) is 4.79 Å². The van der Waals surface area contributed by atoms with Gasteiger partial charge < -0.3 is 9.03 Å². The first-order chi connectivity index (χ1) is 5.79. The van der Waals surface area contributed by atoms with Crippen molar-refractivity contribution in [3.8, 4) is 5.75 Å². The monoisotopic (exact) mass is 187 g/mol. The molecular formula is C7H6ClNO3. The van der Waals surface area contributed by atoms with Crippen LogP contribution in [0.25, 0.3) is 0 Å². The summed E-state index contributed by atoms with van der Waals surface area (Å²) in [6, 6.07) is 1.54. The molecule has 0 saturated carbocycles. The number of carbonyl (C=O) groups is 1. The van der Waals surface area contributed by atoms with Crippen molar-refractivity contribution < 1.29 is 13.8 Å². The number of carbonyl (C=O) groups excluding carboxylic acids is 1. The number of aromatic nitrogens is 1. The van der Waals surface area contributed by atoms with E-state index < -0.39 is 5.97 Å². The number of hydrogen-bond acceptors (Lipinski definition) is 4. The van der Waals surface area contributed by atoms with Crippen molar-refractivity contribution in [1.82, 2.24) is 4.98 Å². The SMILES string of the molecule is COc1ccncc1C(=O)OCl. The van der Waals surface area contributed by atoms with Gasteiger partial charge in [0.2, 0.25) is 0 Å². The predicted molar refractivity (Wildman–Crippen MR) is 42.1 cm³/mol. The molecule has 0 N–H and O–H groups in total. The fraction of sp³-hybridized carbons (Fsp3) is 0.143. The Morgan fingerprint density at radius 2 is 2.42 bits per heavy atom. The second-order valence-corrected chi connectivity index (χ2v) is 2.09. The fourth-order valence-corrected chi connectivity index (χ4v) is 0.838. The molecule has 0 radical (unpaired) electrons. The molecule has 0 aromatic carbocycles. The number of rotatable bonds is 2. The van der Waals surface area contributed by atoms with E-state index in [0.29, 0.717) is 5.75 Å². The van der Waals surface area contributed by atoms with Crippen molar-refractivity contribution in [1.29, 1.82) is 0 Å². The third-order valence-corrected chi connectivity index (χ3v) is 1.43. The standard InChI is InChI=1S/C7H6ClNO3/c1-11-6-2-3-9-4-5(6)7(10)12-8/h2-4H,1H3. The van der Waals surface area contributed by atoms with Crippen LogP contribution in [0.2, 0.25) is 0 Å². The minimum Gasteiger partial charge on any atom is -0.496 e. The summed E-state index contributed by atoms with van der Waals surface area (Å²) in [5, 5.41) is 0. The minimum absolute atomic E-state index is 0.204. The Hall–Kier alpha value is -1.29. The van der Waals surface area contributed by atoms with Gasteiger partial charge in [-0.15, -0.1) is 0 Å². The Morgan fingerprint density at radius 3 is 3.00 bits per heavy atom. The van der Waals surface area contributed by atoms with Crippen LogP contribution >= 0.6 is 11.9 Å². The summed E-state index contributed by atoms with van der Waals surface area (Å²) in [7, 11) is 1.44. The van der Waals surface area contributed by atoms with Crippen molar-refractivity contribution in [3.05, 3.63) is 24.0 Å². The summed E-state index contributed by atoms with van der Waals surface area (Å²) in [6.07, 6.45) is 2.83. The van der Waals surface area contributed by atoms with Crippen LogP contribution in [0.3, 0.4) is 0 Å². The van der Waals surface area contributed by atoms with Crippen LogP contribution in [0.5, 0.6) is 5.75 Å². The zero-order valence-corrected chi connectivity index (χ0v) is 7.04. The molecule has 0 aliphatic carbocycles.